The molecule has 1 aromatic carbocycles. The lowest BCUT2D eigenvalue weighted by Crippen LogP contribution is -2.54. The number of pyridine rings is 1. The number of benzene rings is 1. The van der Waals surface area contributed by atoms with E-state index in [4.69, 9.17) is 0 Å². The van der Waals surface area contributed by atoms with E-state index in [1.54, 1.807) is 18.3 Å². The second kappa shape index (κ2) is 8.43. The Morgan fingerprint density at radius 3 is 2.50 bits per heavy atom. The minimum Gasteiger partial charge on any atom is -0.368 e. The number of alkyl halides is 2. The van der Waals surface area contributed by atoms with Crippen molar-refractivity contribution in [1.82, 2.24) is 25.2 Å². The Balaban J connectivity index is 1.71. The molecule has 182 valence electrons. The molecule has 0 unspecified atom stereocenters. The first-order valence-electron chi connectivity index (χ1n) is 11.1. The first-order valence-corrected chi connectivity index (χ1v) is 13.4. The Kier molecular flexibility index (Phi) is 5.82. The predicted octanol–water partition coefficient (Wildman–Crippen LogP) is 3.71. The first-order chi connectivity index (χ1) is 16.0. The van der Waals surface area contributed by atoms with Gasteiger partial charge in [0.25, 0.3) is 6.43 Å². The number of anilines is 1. The molecule has 8 nitrogen and oxygen atoms in total. The fourth-order valence-electron chi connectivity index (χ4n) is 4.44. The Morgan fingerprint density at radius 1 is 1.18 bits per heavy atom. The Morgan fingerprint density at radius 2 is 1.88 bits per heavy atom. The number of aromatic nitrogens is 3. The summed E-state index contributed by atoms with van der Waals surface area (Å²) in [5.41, 5.74) is 0.671. The van der Waals surface area contributed by atoms with Crippen LogP contribution in [0.1, 0.15) is 45.0 Å². The van der Waals surface area contributed by atoms with E-state index in [2.05, 4.69) is 44.0 Å². The summed E-state index contributed by atoms with van der Waals surface area (Å²) in [5, 5.41) is 12.2. The summed E-state index contributed by atoms with van der Waals surface area (Å²) in [5.74, 6) is 0. The molecule has 3 heterocycles. The van der Waals surface area contributed by atoms with Crippen molar-refractivity contribution in [2.24, 2.45) is 0 Å². The van der Waals surface area contributed by atoms with Gasteiger partial charge < -0.3 is 10.2 Å². The molecule has 5 rings (SSSR count). The van der Waals surface area contributed by atoms with Crippen LogP contribution in [0.25, 0.3) is 21.5 Å². The lowest BCUT2D eigenvalue weighted by Gasteiger charge is -2.38. The summed E-state index contributed by atoms with van der Waals surface area (Å²) >= 11 is 0.761. The van der Waals surface area contributed by atoms with E-state index >= 15 is 0 Å². The van der Waals surface area contributed by atoms with E-state index < -0.39 is 27.0 Å². The van der Waals surface area contributed by atoms with Crippen molar-refractivity contribution in [2.45, 2.75) is 62.6 Å². The molecule has 1 aliphatic carbocycles. The quantitative estimate of drug-likeness (QED) is 0.524. The Bertz CT molecular complexity index is 1330. The van der Waals surface area contributed by atoms with Gasteiger partial charge in [-0.25, -0.2) is 21.9 Å². The summed E-state index contributed by atoms with van der Waals surface area (Å²) in [6.45, 7) is 7.44. The van der Waals surface area contributed by atoms with Crippen LogP contribution in [-0.2, 0) is 10.0 Å². The summed E-state index contributed by atoms with van der Waals surface area (Å²) in [7, 11) is -3.82. The average molecular weight is 509 g/mol. The summed E-state index contributed by atoms with van der Waals surface area (Å²) in [6.07, 6.45) is 0.429. The fourth-order valence-corrected chi connectivity index (χ4v) is 6.66. The zero-order valence-corrected chi connectivity index (χ0v) is 20.7. The van der Waals surface area contributed by atoms with Crippen LogP contribution >= 0.6 is 11.3 Å². The third-order valence-electron chi connectivity index (χ3n) is 6.25. The molecule has 2 fully saturated rings. The van der Waals surface area contributed by atoms with E-state index in [9.17, 15) is 17.2 Å². The van der Waals surface area contributed by atoms with Crippen molar-refractivity contribution in [3.05, 3.63) is 29.4 Å². The van der Waals surface area contributed by atoms with E-state index in [0.29, 0.717) is 24.2 Å². The minimum atomic E-state index is -3.82. The Labute approximate surface area is 200 Å². The van der Waals surface area contributed by atoms with Crippen LogP contribution < -0.4 is 14.9 Å². The molecular weight excluding hydrogens is 482 g/mol. The van der Waals surface area contributed by atoms with Gasteiger partial charge in [-0.1, -0.05) is 11.3 Å². The second-order valence-electron chi connectivity index (χ2n) is 9.48. The summed E-state index contributed by atoms with van der Waals surface area (Å²) in [6, 6.07) is 5.51. The van der Waals surface area contributed by atoms with Crippen molar-refractivity contribution >= 4 is 37.8 Å². The van der Waals surface area contributed by atoms with Gasteiger partial charge in [0.1, 0.15) is 5.69 Å². The van der Waals surface area contributed by atoms with Gasteiger partial charge in [0, 0.05) is 53.4 Å². The van der Waals surface area contributed by atoms with E-state index in [-0.39, 0.29) is 22.0 Å². The van der Waals surface area contributed by atoms with E-state index in [1.165, 1.54) is 0 Å². The fraction of sp³-hybridized carbons (Fsp3) is 0.500. The van der Waals surface area contributed by atoms with Crippen LogP contribution in [0.4, 0.5) is 14.5 Å². The molecule has 2 aliphatic rings. The highest BCUT2D eigenvalue weighted by Gasteiger charge is 2.41. The maximum absolute atomic E-state index is 13.3. The van der Waals surface area contributed by atoms with Gasteiger partial charge in [-0.3, -0.25) is 4.98 Å². The van der Waals surface area contributed by atoms with Crippen LogP contribution in [-0.4, -0.2) is 54.3 Å². The topological polar surface area (TPSA) is 100 Å². The summed E-state index contributed by atoms with van der Waals surface area (Å²) < 4.78 is 55.8. The second-order valence-corrected chi connectivity index (χ2v) is 12.2. The van der Waals surface area contributed by atoms with Crippen molar-refractivity contribution < 1.29 is 17.2 Å². The van der Waals surface area contributed by atoms with Crippen molar-refractivity contribution in [2.75, 3.05) is 18.0 Å². The minimum absolute atomic E-state index is 0.120. The molecule has 2 atom stereocenters. The molecule has 3 aromatic rings. The number of sulfonamides is 1. The highest BCUT2D eigenvalue weighted by atomic mass is 32.2. The average Bonchev–Trinajstić information content (AvgIpc) is 3.27. The highest BCUT2D eigenvalue weighted by molar-refractivity contribution is 7.89. The maximum Gasteiger partial charge on any atom is 0.291 e. The molecule has 2 N–H and O–H groups in total. The number of halogens is 2. The SMILES string of the molecule is C[C@H]1CN(c2cc(S(=O)(=O)NC3(C)CC3)cc3c(-c4nnc(C(F)F)s4)nccc23)C[C@H](C)N1. The van der Waals surface area contributed by atoms with Gasteiger partial charge in [0.15, 0.2) is 10.0 Å². The number of nitrogens with one attached hydrogen (secondary N) is 2. The predicted molar refractivity (Wildman–Crippen MR) is 128 cm³/mol. The van der Waals surface area contributed by atoms with Gasteiger partial charge in [0.2, 0.25) is 10.0 Å². The van der Waals surface area contributed by atoms with Gasteiger partial charge in [0.05, 0.1) is 4.90 Å². The van der Waals surface area contributed by atoms with Crippen LogP contribution in [0, 0.1) is 0 Å². The smallest absolute Gasteiger partial charge is 0.291 e. The summed E-state index contributed by atoms with van der Waals surface area (Å²) in [4.78, 5) is 6.68. The molecule has 12 heteroatoms. The zero-order valence-electron chi connectivity index (χ0n) is 19.0. The zero-order chi connectivity index (χ0) is 24.3. The molecule has 1 aliphatic heterocycles. The largest absolute Gasteiger partial charge is 0.368 e. The normalized spacial score (nSPS) is 22.5. The molecule has 0 spiro atoms. The monoisotopic (exact) mass is 508 g/mol. The maximum atomic E-state index is 13.3. The molecule has 2 aromatic heterocycles. The van der Waals surface area contributed by atoms with Crippen LogP contribution in [0.15, 0.2) is 29.3 Å². The number of rotatable bonds is 6. The van der Waals surface area contributed by atoms with Crippen LogP contribution in [0.5, 0.6) is 0 Å². The van der Waals surface area contributed by atoms with E-state index in [0.717, 1.165) is 35.3 Å². The first kappa shape index (κ1) is 23.5. The van der Waals surface area contributed by atoms with Gasteiger partial charge in [-0.15, -0.1) is 10.2 Å². The highest BCUT2D eigenvalue weighted by Crippen LogP contribution is 2.40. The number of piperazine rings is 1. The number of nitrogens with zero attached hydrogens (tertiary/aromatic N) is 4. The van der Waals surface area contributed by atoms with Gasteiger partial charge in [-0.2, -0.15) is 0 Å². The molecule has 1 saturated heterocycles. The van der Waals surface area contributed by atoms with E-state index in [1.807, 2.05) is 13.0 Å². The lowest BCUT2D eigenvalue weighted by atomic mass is 10.0. The van der Waals surface area contributed by atoms with Crippen molar-refractivity contribution in [1.29, 1.82) is 0 Å². The number of hydrogen-bond donors (Lipinski definition) is 2. The van der Waals surface area contributed by atoms with Crippen LogP contribution in [0.3, 0.4) is 0 Å². The standard InChI is InChI=1S/C22H26F2N6O2S2/c1-12-10-30(11-13(2)26-12)17-9-14(34(31,32)29-22(3)5-6-22)8-16-15(17)4-7-25-18(16)20-27-28-21(33-20)19(23)24/h4,7-9,12-13,19,26,29H,5-6,10-11H2,1-3H3/t12-,13-/m0/s1. The molecular formula is C22H26F2N6O2S2. The third-order valence-corrected chi connectivity index (χ3v) is 8.81. The molecule has 0 radical (unpaired) electrons. The molecule has 1 saturated carbocycles. The third kappa shape index (κ3) is 4.51. The van der Waals surface area contributed by atoms with Crippen molar-refractivity contribution in [3.8, 4) is 10.7 Å². The number of fused-ring (bicyclic) bond motifs is 1. The van der Waals surface area contributed by atoms with Crippen LogP contribution in [0.2, 0.25) is 0 Å². The van der Waals surface area contributed by atoms with Gasteiger partial charge in [-0.05, 0) is 51.8 Å². The molecule has 0 bridgehead atoms. The van der Waals surface area contributed by atoms with Crippen molar-refractivity contribution in [3.63, 3.8) is 0 Å². The number of hydrogen-bond acceptors (Lipinski definition) is 8. The molecule has 34 heavy (non-hydrogen) atoms. The Hall–Kier alpha value is -2.28. The molecule has 0 amide bonds. The lowest BCUT2D eigenvalue weighted by molar-refractivity contribution is 0.150. The van der Waals surface area contributed by atoms with Gasteiger partial charge >= 0.3 is 0 Å².